The molecule has 0 saturated heterocycles. The predicted molar refractivity (Wildman–Crippen MR) is 60.1 cm³/mol. The molecule has 1 aromatic carbocycles. The molecular formula is C12H15NO2. The summed E-state index contributed by atoms with van der Waals surface area (Å²) >= 11 is 0. The lowest BCUT2D eigenvalue weighted by Crippen LogP contribution is -2.18. The summed E-state index contributed by atoms with van der Waals surface area (Å²) in [6.07, 6.45) is 1.68. The van der Waals surface area contributed by atoms with Crippen molar-refractivity contribution in [1.29, 1.82) is 0 Å². The topological polar surface area (TPSA) is 38.7 Å². The molecule has 0 aromatic heterocycles. The third-order valence-corrected chi connectivity index (χ3v) is 1.87. The smallest absolute Gasteiger partial charge is 0.330 e. The van der Waals surface area contributed by atoms with Gasteiger partial charge in [-0.25, -0.2) is 4.79 Å². The highest BCUT2D eigenvalue weighted by molar-refractivity contribution is 5.83. The molecule has 0 N–H and O–H groups in total. The van der Waals surface area contributed by atoms with Crippen molar-refractivity contribution in [3.8, 4) is 0 Å². The van der Waals surface area contributed by atoms with E-state index in [9.17, 15) is 4.79 Å². The molecule has 0 aliphatic carbocycles. The van der Waals surface area contributed by atoms with Crippen molar-refractivity contribution in [1.82, 2.24) is 0 Å². The Hall–Kier alpha value is -1.64. The van der Waals surface area contributed by atoms with Crippen molar-refractivity contribution in [3.05, 3.63) is 35.9 Å². The Bertz CT molecular complexity index is 333. The summed E-state index contributed by atoms with van der Waals surface area (Å²) < 4.78 is 4.84. The van der Waals surface area contributed by atoms with E-state index in [0.29, 0.717) is 6.61 Å². The molecule has 1 aromatic rings. The number of hydrogen-bond donors (Lipinski definition) is 0. The number of esters is 1. The van der Waals surface area contributed by atoms with Gasteiger partial charge >= 0.3 is 5.97 Å². The average molecular weight is 205 g/mol. The molecule has 0 fully saturated rings. The summed E-state index contributed by atoms with van der Waals surface area (Å²) in [4.78, 5) is 15.3. The van der Waals surface area contributed by atoms with Crippen LogP contribution in [-0.4, -0.2) is 24.8 Å². The Morgan fingerprint density at radius 1 is 1.47 bits per heavy atom. The molecule has 1 rings (SSSR count). The highest BCUT2D eigenvalue weighted by atomic mass is 16.5. The van der Waals surface area contributed by atoms with Gasteiger partial charge in [0.15, 0.2) is 0 Å². The maximum Gasteiger partial charge on any atom is 0.330 e. The lowest BCUT2D eigenvalue weighted by atomic mass is 10.2. The maximum absolute atomic E-state index is 11.2. The van der Waals surface area contributed by atoms with Crippen LogP contribution >= 0.6 is 0 Å². The second-order valence-electron chi connectivity index (χ2n) is 3.12. The average Bonchev–Trinajstić information content (AvgIpc) is 2.27. The first kappa shape index (κ1) is 11.4. The fourth-order valence-corrected chi connectivity index (χ4v) is 1.06. The first-order valence-corrected chi connectivity index (χ1v) is 4.99. The van der Waals surface area contributed by atoms with E-state index in [1.54, 1.807) is 20.1 Å². The van der Waals surface area contributed by atoms with E-state index in [1.807, 2.05) is 30.3 Å². The molecule has 15 heavy (non-hydrogen) atoms. The van der Waals surface area contributed by atoms with Gasteiger partial charge in [0.05, 0.1) is 6.61 Å². The van der Waals surface area contributed by atoms with E-state index < -0.39 is 6.04 Å². The van der Waals surface area contributed by atoms with Gasteiger partial charge in [0.1, 0.15) is 6.04 Å². The van der Waals surface area contributed by atoms with Gasteiger partial charge in [-0.15, -0.1) is 0 Å². The number of carbonyl (C=O) groups excluding carboxylic acids is 1. The molecule has 3 heteroatoms. The van der Waals surface area contributed by atoms with Crippen LogP contribution in [0.1, 0.15) is 19.4 Å². The highest BCUT2D eigenvalue weighted by Gasteiger charge is 2.10. The molecule has 0 aliphatic rings. The third kappa shape index (κ3) is 3.94. The zero-order valence-corrected chi connectivity index (χ0v) is 9.01. The maximum atomic E-state index is 11.2. The number of ether oxygens (including phenoxy) is 1. The molecule has 1 atom stereocenters. The van der Waals surface area contributed by atoms with Crippen molar-refractivity contribution in [3.63, 3.8) is 0 Å². The normalized spacial score (nSPS) is 12.7. The molecule has 0 radical (unpaired) electrons. The van der Waals surface area contributed by atoms with Crippen LogP contribution in [-0.2, 0) is 9.53 Å². The molecule has 80 valence electrons. The Morgan fingerprint density at radius 2 is 2.13 bits per heavy atom. The Kier molecular flexibility index (Phi) is 4.54. The molecule has 0 amide bonds. The zero-order valence-electron chi connectivity index (χ0n) is 9.01. The fraction of sp³-hybridized carbons (Fsp3) is 0.333. The van der Waals surface area contributed by atoms with Gasteiger partial charge in [-0.2, -0.15) is 0 Å². The number of nitrogens with zero attached hydrogens (tertiary/aromatic N) is 1. The van der Waals surface area contributed by atoms with Crippen LogP contribution in [0.5, 0.6) is 0 Å². The monoisotopic (exact) mass is 205 g/mol. The molecule has 0 spiro atoms. The van der Waals surface area contributed by atoms with Gasteiger partial charge in [0.25, 0.3) is 0 Å². The highest BCUT2D eigenvalue weighted by Crippen LogP contribution is 1.98. The third-order valence-electron chi connectivity index (χ3n) is 1.87. The fourth-order valence-electron chi connectivity index (χ4n) is 1.06. The van der Waals surface area contributed by atoms with Crippen LogP contribution < -0.4 is 0 Å². The minimum Gasteiger partial charge on any atom is -0.464 e. The van der Waals surface area contributed by atoms with Crippen LogP contribution in [0.2, 0.25) is 0 Å². The van der Waals surface area contributed by atoms with E-state index in [0.717, 1.165) is 5.56 Å². The molecule has 3 nitrogen and oxygen atoms in total. The van der Waals surface area contributed by atoms with Gasteiger partial charge in [-0.3, -0.25) is 4.99 Å². The van der Waals surface area contributed by atoms with Gasteiger partial charge < -0.3 is 4.74 Å². The molecule has 0 aliphatic heterocycles. The van der Waals surface area contributed by atoms with Crippen molar-refractivity contribution in [2.75, 3.05) is 6.61 Å². The second-order valence-corrected chi connectivity index (χ2v) is 3.12. The van der Waals surface area contributed by atoms with Gasteiger partial charge in [-0.1, -0.05) is 30.3 Å². The molecule has 0 bridgehead atoms. The minimum atomic E-state index is -0.440. The van der Waals surface area contributed by atoms with Crippen LogP contribution in [0.25, 0.3) is 0 Å². The number of hydrogen-bond acceptors (Lipinski definition) is 3. The Balaban J connectivity index is 2.54. The van der Waals surface area contributed by atoms with Gasteiger partial charge in [0, 0.05) is 6.21 Å². The van der Waals surface area contributed by atoms with E-state index in [1.165, 1.54) is 0 Å². The Labute approximate surface area is 89.8 Å². The lowest BCUT2D eigenvalue weighted by Gasteiger charge is -2.04. The summed E-state index contributed by atoms with van der Waals surface area (Å²) in [5, 5.41) is 0. The van der Waals surface area contributed by atoms with Crippen LogP contribution in [0, 0.1) is 0 Å². The quantitative estimate of drug-likeness (QED) is 0.557. The molecule has 0 unspecified atom stereocenters. The number of carbonyl (C=O) groups is 1. The minimum absolute atomic E-state index is 0.287. The van der Waals surface area contributed by atoms with Crippen LogP contribution in [0.4, 0.5) is 0 Å². The van der Waals surface area contributed by atoms with Gasteiger partial charge in [0.2, 0.25) is 0 Å². The summed E-state index contributed by atoms with van der Waals surface area (Å²) in [5.74, 6) is -0.287. The molecular weight excluding hydrogens is 190 g/mol. The predicted octanol–water partition coefficient (Wildman–Crippen LogP) is 2.06. The molecule has 0 heterocycles. The van der Waals surface area contributed by atoms with E-state index >= 15 is 0 Å². The van der Waals surface area contributed by atoms with E-state index in [-0.39, 0.29) is 5.97 Å². The summed E-state index contributed by atoms with van der Waals surface area (Å²) in [6, 6.07) is 9.21. The molecule has 0 saturated carbocycles. The van der Waals surface area contributed by atoms with Crippen molar-refractivity contribution >= 4 is 12.2 Å². The lowest BCUT2D eigenvalue weighted by molar-refractivity contribution is -0.144. The number of benzene rings is 1. The Morgan fingerprint density at radius 3 is 2.73 bits per heavy atom. The van der Waals surface area contributed by atoms with E-state index in [4.69, 9.17) is 4.74 Å². The van der Waals surface area contributed by atoms with Crippen molar-refractivity contribution in [2.45, 2.75) is 19.9 Å². The number of aliphatic imine (C=N–C) groups is 1. The summed E-state index contributed by atoms with van der Waals surface area (Å²) in [7, 11) is 0. The van der Waals surface area contributed by atoms with Crippen molar-refractivity contribution in [2.24, 2.45) is 4.99 Å². The second kappa shape index (κ2) is 5.96. The van der Waals surface area contributed by atoms with E-state index in [2.05, 4.69) is 4.99 Å². The number of rotatable bonds is 4. The van der Waals surface area contributed by atoms with Crippen LogP contribution in [0.15, 0.2) is 35.3 Å². The first-order chi connectivity index (χ1) is 7.24. The largest absolute Gasteiger partial charge is 0.464 e. The van der Waals surface area contributed by atoms with Crippen LogP contribution in [0.3, 0.4) is 0 Å². The summed E-state index contributed by atoms with van der Waals surface area (Å²) in [5.41, 5.74) is 0.980. The SMILES string of the molecule is CCOC(=O)[C@H](C)/N=C/c1ccccc1. The van der Waals surface area contributed by atoms with Crippen molar-refractivity contribution < 1.29 is 9.53 Å². The zero-order chi connectivity index (χ0) is 11.1. The van der Waals surface area contributed by atoms with Gasteiger partial charge in [-0.05, 0) is 19.4 Å². The summed E-state index contributed by atoms with van der Waals surface area (Å²) in [6.45, 7) is 3.90. The standard InChI is InChI=1S/C12H15NO2/c1-3-15-12(14)10(2)13-9-11-7-5-4-6-8-11/h4-10H,3H2,1-2H3/b13-9+/t10-/m0/s1. The first-order valence-electron chi connectivity index (χ1n) is 4.99.